The van der Waals surface area contributed by atoms with Gasteiger partial charge in [0.2, 0.25) is 17.7 Å². The van der Waals surface area contributed by atoms with Crippen molar-refractivity contribution in [3.63, 3.8) is 0 Å². The lowest BCUT2D eigenvalue weighted by molar-refractivity contribution is -0.141. The molecule has 0 radical (unpaired) electrons. The maximum Gasteiger partial charge on any atom is 0.325 e. The van der Waals surface area contributed by atoms with Crippen LogP contribution in [0.3, 0.4) is 0 Å². The van der Waals surface area contributed by atoms with Gasteiger partial charge in [0.1, 0.15) is 12.1 Å². The van der Waals surface area contributed by atoms with Gasteiger partial charge in [0.25, 0.3) is 0 Å². The summed E-state index contributed by atoms with van der Waals surface area (Å²) in [5.41, 5.74) is 0. The summed E-state index contributed by atoms with van der Waals surface area (Å²) in [7, 11) is 0. The van der Waals surface area contributed by atoms with Gasteiger partial charge in [-0.3, -0.25) is 19.2 Å². The maximum absolute atomic E-state index is 11.9. The monoisotopic (exact) mass is 301 g/mol. The minimum atomic E-state index is -1.14. The van der Waals surface area contributed by atoms with Gasteiger partial charge < -0.3 is 21.1 Å². The molecule has 2 atom stereocenters. The van der Waals surface area contributed by atoms with E-state index in [4.69, 9.17) is 5.11 Å². The van der Waals surface area contributed by atoms with E-state index in [-0.39, 0.29) is 11.8 Å². The minimum Gasteiger partial charge on any atom is -0.480 e. The Hall–Kier alpha value is -2.12. The number of unbranched alkanes of at least 4 members (excludes halogenated alkanes) is 1. The molecule has 0 aromatic carbocycles. The molecular weight excluding hydrogens is 278 g/mol. The van der Waals surface area contributed by atoms with E-state index in [0.29, 0.717) is 25.8 Å². The van der Waals surface area contributed by atoms with Gasteiger partial charge in [-0.15, -0.1) is 0 Å². The van der Waals surface area contributed by atoms with Crippen molar-refractivity contribution >= 4 is 23.7 Å². The molecule has 3 amide bonds. The molecule has 0 fully saturated rings. The van der Waals surface area contributed by atoms with Crippen LogP contribution < -0.4 is 16.0 Å². The lowest BCUT2D eigenvalue weighted by Gasteiger charge is -2.19. The van der Waals surface area contributed by atoms with Gasteiger partial charge in [0.05, 0.1) is 0 Å². The van der Waals surface area contributed by atoms with Crippen molar-refractivity contribution in [1.29, 1.82) is 0 Å². The van der Waals surface area contributed by atoms with Gasteiger partial charge in [-0.25, -0.2) is 0 Å². The third kappa shape index (κ3) is 9.42. The number of carboxylic acid groups (broad SMARTS) is 1. The molecule has 0 rings (SSSR count). The molecule has 0 heterocycles. The molecule has 8 heteroatoms. The number of hydrogen-bond acceptors (Lipinski definition) is 4. The van der Waals surface area contributed by atoms with Crippen LogP contribution in [-0.4, -0.2) is 47.4 Å². The highest BCUT2D eigenvalue weighted by Crippen LogP contribution is 2.02. The van der Waals surface area contributed by atoms with E-state index in [9.17, 15) is 19.2 Å². The summed E-state index contributed by atoms with van der Waals surface area (Å²) in [5.74, 6) is -2.16. The Labute approximate surface area is 123 Å². The maximum atomic E-state index is 11.9. The molecule has 0 unspecified atom stereocenters. The minimum absolute atomic E-state index is 0.124. The number of carboxylic acids is 1. The van der Waals surface area contributed by atoms with Crippen LogP contribution in [0.15, 0.2) is 0 Å². The fraction of sp³-hybridized carbons (Fsp3) is 0.692. The summed E-state index contributed by atoms with van der Waals surface area (Å²) in [4.78, 5) is 44.4. The number of carbonyl (C=O) groups is 4. The first kappa shape index (κ1) is 18.9. The Bertz CT molecular complexity index is 397. The molecule has 0 bridgehead atoms. The van der Waals surface area contributed by atoms with Crippen LogP contribution in [0.25, 0.3) is 0 Å². The molecule has 0 saturated carbocycles. The first-order valence-electron chi connectivity index (χ1n) is 6.78. The quantitative estimate of drug-likeness (QED) is 0.423. The highest BCUT2D eigenvalue weighted by Gasteiger charge is 2.22. The Morgan fingerprint density at radius 2 is 1.62 bits per heavy atom. The Balaban J connectivity index is 4.30. The molecule has 0 aromatic heterocycles. The lowest BCUT2D eigenvalue weighted by Crippen LogP contribution is -2.50. The van der Waals surface area contributed by atoms with E-state index in [1.165, 1.54) is 20.8 Å². The third-order valence-electron chi connectivity index (χ3n) is 2.72. The fourth-order valence-corrected chi connectivity index (χ4v) is 1.63. The standard InChI is InChI=1S/C13H23N3O5/c1-8(13(20)21)15-12(19)11(16-10(3)18)6-4-5-7-14-9(2)17/h8,11H,4-7H2,1-3H3,(H,14,17)(H,15,19)(H,16,18)(H,20,21)/t8-,11+/m1/s1. The number of amides is 3. The summed E-state index contributed by atoms with van der Waals surface area (Å²) >= 11 is 0. The second-order valence-corrected chi connectivity index (χ2v) is 4.80. The molecule has 4 N–H and O–H groups in total. The second kappa shape index (κ2) is 9.73. The highest BCUT2D eigenvalue weighted by molar-refractivity contribution is 5.89. The molecule has 0 aliphatic rings. The van der Waals surface area contributed by atoms with E-state index in [0.717, 1.165) is 0 Å². The average molecular weight is 301 g/mol. The van der Waals surface area contributed by atoms with Crippen molar-refractivity contribution in [2.45, 2.75) is 52.1 Å². The molecule has 8 nitrogen and oxygen atoms in total. The van der Waals surface area contributed by atoms with E-state index >= 15 is 0 Å². The van der Waals surface area contributed by atoms with Gasteiger partial charge in [0.15, 0.2) is 0 Å². The Morgan fingerprint density at radius 3 is 2.10 bits per heavy atom. The first-order chi connectivity index (χ1) is 9.73. The predicted molar refractivity (Wildman–Crippen MR) is 75.4 cm³/mol. The Kier molecular flexibility index (Phi) is 8.75. The van der Waals surface area contributed by atoms with Gasteiger partial charge >= 0.3 is 5.97 Å². The van der Waals surface area contributed by atoms with Crippen LogP contribution in [0.2, 0.25) is 0 Å². The second-order valence-electron chi connectivity index (χ2n) is 4.80. The number of nitrogens with one attached hydrogen (secondary N) is 3. The van der Waals surface area contributed by atoms with Crippen molar-refractivity contribution in [1.82, 2.24) is 16.0 Å². The van der Waals surface area contributed by atoms with Gasteiger partial charge in [-0.1, -0.05) is 0 Å². The van der Waals surface area contributed by atoms with Crippen LogP contribution in [0, 0.1) is 0 Å². The normalized spacial score (nSPS) is 12.9. The van der Waals surface area contributed by atoms with Crippen molar-refractivity contribution in [3.8, 4) is 0 Å². The molecule has 0 spiro atoms. The summed E-state index contributed by atoms with van der Waals surface area (Å²) < 4.78 is 0. The highest BCUT2D eigenvalue weighted by atomic mass is 16.4. The first-order valence-corrected chi connectivity index (χ1v) is 6.78. The smallest absolute Gasteiger partial charge is 0.325 e. The molecule has 21 heavy (non-hydrogen) atoms. The fourth-order valence-electron chi connectivity index (χ4n) is 1.63. The molecular formula is C13H23N3O5. The van der Waals surface area contributed by atoms with Crippen molar-refractivity contribution in [2.75, 3.05) is 6.54 Å². The number of carbonyl (C=O) groups excluding carboxylic acids is 3. The van der Waals surface area contributed by atoms with E-state index in [1.807, 2.05) is 0 Å². The lowest BCUT2D eigenvalue weighted by atomic mass is 10.1. The van der Waals surface area contributed by atoms with Gasteiger partial charge in [-0.05, 0) is 26.2 Å². The molecule has 0 aliphatic carbocycles. The van der Waals surface area contributed by atoms with Crippen LogP contribution >= 0.6 is 0 Å². The molecule has 0 aliphatic heterocycles. The summed E-state index contributed by atoms with van der Waals surface area (Å²) in [6, 6.07) is -1.80. The largest absolute Gasteiger partial charge is 0.480 e. The summed E-state index contributed by atoms with van der Waals surface area (Å²) in [6.45, 7) is 4.55. The van der Waals surface area contributed by atoms with Crippen molar-refractivity contribution in [2.24, 2.45) is 0 Å². The van der Waals surface area contributed by atoms with E-state index < -0.39 is 24.0 Å². The van der Waals surface area contributed by atoms with Crippen LogP contribution in [-0.2, 0) is 19.2 Å². The van der Waals surface area contributed by atoms with E-state index in [1.54, 1.807) is 0 Å². The van der Waals surface area contributed by atoms with Crippen molar-refractivity contribution < 1.29 is 24.3 Å². The predicted octanol–water partition coefficient (Wildman–Crippen LogP) is -0.613. The molecule has 120 valence electrons. The van der Waals surface area contributed by atoms with Crippen molar-refractivity contribution in [3.05, 3.63) is 0 Å². The topological polar surface area (TPSA) is 125 Å². The van der Waals surface area contributed by atoms with Crippen LogP contribution in [0.4, 0.5) is 0 Å². The van der Waals surface area contributed by atoms with Gasteiger partial charge in [-0.2, -0.15) is 0 Å². The Morgan fingerprint density at radius 1 is 1.00 bits per heavy atom. The molecule has 0 saturated heterocycles. The molecule has 0 aromatic rings. The SMILES string of the molecule is CC(=O)NCCCC[C@H](NC(C)=O)C(=O)N[C@H](C)C(=O)O. The van der Waals surface area contributed by atoms with E-state index in [2.05, 4.69) is 16.0 Å². The average Bonchev–Trinajstić information content (AvgIpc) is 2.35. The number of rotatable bonds is 9. The third-order valence-corrected chi connectivity index (χ3v) is 2.72. The van der Waals surface area contributed by atoms with Gasteiger partial charge in [0, 0.05) is 20.4 Å². The summed E-state index contributed by atoms with van der Waals surface area (Å²) in [6.07, 6.45) is 1.65. The zero-order valence-electron chi connectivity index (χ0n) is 12.6. The van der Waals surface area contributed by atoms with Crippen LogP contribution in [0.1, 0.15) is 40.0 Å². The number of aliphatic carboxylic acids is 1. The zero-order chi connectivity index (χ0) is 16.4. The zero-order valence-corrected chi connectivity index (χ0v) is 12.6. The number of hydrogen-bond donors (Lipinski definition) is 4. The summed E-state index contributed by atoms with van der Waals surface area (Å²) in [5, 5.41) is 16.2. The van der Waals surface area contributed by atoms with Crippen LogP contribution in [0.5, 0.6) is 0 Å².